The van der Waals surface area contributed by atoms with Crippen molar-refractivity contribution < 1.29 is 14.7 Å². The van der Waals surface area contributed by atoms with E-state index < -0.39 is 11.4 Å². The number of hydrogen-bond acceptors (Lipinski definition) is 3. The van der Waals surface area contributed by atoms with E-state index in [1.807, 2.05) is 45.0 Å². The van der Waals surface area contributed by atoms with Gasteiger partial charge in [0.15, 0.2) is 0 Å². The minimum Gasteiger partial charge on any atom is -0.549 e. The van der Waals surface area contributed by atoms with Gasteiger partial charge in [0.05, 0.1) is 12.0 Å². The minimum atomic E-state index is -1.37. The maximum absolute atomic E-state index is 12.5. The second kappa shape index (κ2) is 7.51. The van der Waals surface area contributed by atoms with Gasteiger partial charge in [-0.3, -0.25) is 4.79 Å². The molecule has 0 aliphatic rings. The lowest BCUT2D eigenvalue weighted by Gasteiger charge is -2.31. The van der Waals surface area contributed by atoms with Crippen molar-refractivity contribution >= 4 is 11.9 Å². The van der Waals surface area contributed by atoms with Crippen LogP contribution in [0.1, 0.15) is 48.6 Å². The summed E-state index contributed by atoms with van der Waals surface area (Å²) in [5.41, 5.74) is 2.43. The first-order valence-electron chi connectivity index (χ1n) is 8.37. The Morgan fingerprint density at radius 2 is 1.76 bits per heavy atom. The molecule has 2 aromatic carbocycles. The molecule has 0 bridgehead atoms. The Kier molecular flexibility index (Phi) is 5.62. The maximum Gasteiger partial charge on any atom is 0.221 e. The molecule has 4 heteroatoms. The Balaban J connectivity index is 2.17. The first kappa shape index (κ1) is 18.7. The summed E-state index contributed by atoms with van der Waals surface area (Å²) in [7, 11) is 0. The van der Waals surface area contributed by atoms with Crippen molar-refractivity contribution in [3.8, 4) is 0 Å². The van der Waals surface area contributed by atoms with Crippen molar-refractivity contribution in [1.29, 1.82) is 0 Å². The summed E-state index contributed by atoms with van der Waals surface area (Å²) in [4.78, 5) is 24.2. The fourth-order valence-corrected chi connectivity index (χ4v) is 3.02. The van der Waals surface area contributed by atoms with Crippen molar-refractivity contribution in [2.75, 3.05) is 0 Å². The Bertz CT molecular complexity index is 770. The number of carbonyl (C=O) groups is 2. The molecule has 0 saturated carbocycles. The Labute approximate surface area is 148 Å². The van der Waals surface area contributed by atoms with Gasteiger partial charge in [-0.05, 0) is 44.4 Å². The lowest BCUT2D eigenvalue weighted by Crippen LogP contribution is -2.47. The lowest BCUT2D eigenvalue weighted by atomic mass is 9.79. The average molecular weight is 338 g/mol. The molecule has 25 heavy (non-hydrogen) atoms. The van der Waals surface area contributed by atoms with Crippen LogP contribution in [0.3, 0.4) is 0 Å². The molecule has 0 fully saturated rings. The highest BCUT2D eigenvalue weighted by Crippen LogP contribution is 2.28. The van der Waals surface area contributed by atoms with E-state index in [2.05, 4.69) is 5.32 Å². The van der Waals surface area contributed by atoms with Crippen molar-refractivity contribution in [3.05, 3.63) is 70.8 Å². The van der Waals surface area contributed by atoms with Gasteiger partial charge in [-0.15, -0.1) is 0 Å². The summed E-state index contributed by atoms with van der Waals surface area (Å²) in [6.45, 7) is 7.42. The predicted octanol–water partition coefficient (Wildman–Crippen LogP) is 2.58. The largest absolute Gasteiger partial charge is 0.549 e. The molecule has 0 heterocycles. The number of aliphatic carboxylic acids is 1. The number of aryl methyl sites for hydroxylation is 2. The van der Waals surface area contributed by atoms with Crippen LogP contribution in [-0.4, -0.2) is 11.9 Å². The van der Waals surface area contributed by atoms with Crippen LogP contribution in [0.25, 0.3) is 0 Å². The standard InChI is InChI=1S/C21H25NO3/c1-14-10-11-15(2)18(12-14)16(3)22-19(23)13-21(4,20(24)25)17-8-6-5-7-9-17/h5-12,16H,13H2,1-4H3,(H,22,23)(H,24,25)/p-1/t16-,21+/m0/s1. The van der Waals surface area contributed by atoms with Crippen LogP contribution in [0.4, 0.5) is 0 Å². The maximum atomic E-state index is 12.5. The van der Waals surface area contributed by atoms with Gasteiger partial charge in [0, 0.05) is 11.8 Å². The molecular formula is C21H24NO3-. The third-order valence-electron chi connectivity index (χ3n) is 4.65. The van der Waals surface area contributed by atoms with E-state index in [-0.39, 0.29) is 18.4 Å². The van der Waals surface area contributed by atoms with E-state index in [0.29, 0.717) is 5.56 Å². The molecule has 2 aromatic rings. The SMILES string of the molecule is Cc1ccc(C)c([C@H](C)NC(=O)C[C@@](C)(C(=O)[O-])c2ccccc2)c1. The zero-order valence-electron chi connectivity index (χ0n) is 15.1. The van der Waals surface area contributed by atoms with Crippen LogP contribution in [0, 0.1) is 13.8 Å². The van der Waals surface area contributed by atoms with Gasteiger partial charge >= 0.3 is 0 Å². The van der Waals surface area contributed by atoms with Crippen molar-refractivity contribution in [2.24, 2.45) is 0 Å². The third kappa shape index (κ3) is 4.27. The van der Waals surface area contributed by atoms with E-state index in [0.717, 1.165) is 16.7 Å². The zero-order valence-corrected chi connectivity index (χ0v) is 15.1. The summed E-state index contributed by atoms with van der Waals surface area (Å²) in [6, 6.07) is 14.6. The quantitative estimate of drug-likeness (QED) is 0.880. The number of carboxylic acid groups (broad SMARTS) is 1. The second-order valence-corrected chi connectivity index (χ2v) is 6.81. The van der Waals surface area contributed by atoms with Crippen LogP contribution >= 0.6 is 0 Å². The van der Waals surface area contributed by atoms with Crippen LogP contribution in [0.2, 0.25) is 0 Å². The minimum absolute atomic E-state index is 0.172. The number of rotatable bonds is 6. The molecule has 2 rings (SSSR count). The number of benzene rings is 2. The average Bonchev–Trinajstić information content (AvgIpc) is 2.57. The summed E-state index contributed by atoms with van der Waals surface area (Å²) < 4.78 is 0. The van der Waals surface area contributed by atoms with E-state index in [4.69, 9.17) is 0 Å². The molecule has 0 radical (unpaired) electrons. The molecule has 1 amide bonds. The molecule has 0 aromatic heterocycles. The topological polar surface area (TPSA) is 69.2 Å². The first-order chi connectivity index (χ1) is 11.7. The Morgan fingerprint density at radius 1 is 1.12 bits per heavy atom. The highest BCUT2D eigenvalue weighted by atomic mass is 16.4. The fourth-order valence-electron chi connectivity index (χ4n) is 3.02. The Morgan fingerprint density at radius 3 is 2.36 bits per heavy atom. The normalized spacial score (nSPS) is 14.4. The summed E-state index contributed by atoms with van der Waals surface area (Å²) in [5, 5.41) is 14.6. The van der Waals surface area contributed by atoms with Gasteiger partial charge in [-0.1, -0.05) is 54.1 Å². The van der Waals surface area contributed by atoms with E-state index in [1.165, 1.54) is 6.92 Å². The van der Waals surface area contributed by atoms with Gasteiger partial charge in [-0.2, -0.15) is 0 Å². The smallest absolute Gasteiger partial charge is 0.221 e. The first-order valence-corrected chi connectivity index (χ1v) is 8.37. The summed E-state index contributed by atoms with van der Waals surface area (Å²) in [5.74, 6) is -1.57. The van der Waals surface area contributed by atoms with E-state index in [1.54, 1.807) is 24.3 Å². The molecule has 0 aliphatic carbocycles. The van der Waals surface area contributed by atoms with E-state index in [9.17, 15) is 14.7 Å². The van der Waals surface area contributed by atoms with Gasteiger partial charge in [-0.25, -0.2) is 0 Å². The highest BCUT2D eigenvalue weighted by Gasteiger charge is 2.31. The number of carbonyl (C=O) groups excluding carboxylic acids is 2. The van der Waals surface area contributed by atoms with Gasteiger partial charge < -0.3 is 15.2 Å². The molecule has 132 valence electrons. The summed E-state index contributed by atoms with van der Waals surface area (Å²) >= 11 is 0. The van der Waals surface area contributed by atoms with Crippen molar-refractivity contribution in [2.45, 2.75) is 45.6 Å². The molecule has 0 aliphatic heterocycles. The molecule has 2 atom stereocenters. The van der Waals surface area contributed by atoms with Crippen LogP contribution < -0.4 is 10.4 Å². The highest BCUT2D eigenvalue weighted by molar-refractivity contribution is 5.88. The number of carboxylic acids is 1. The molecule has 0 spiro atoms. The molecule has 0 unspecified atom stereocenters. The van der Waals surface area contributed by atoms with Crippen LogP contribution in [0.5, 0.6) is 0 Å². The second-order valence-electron chi connectivity index (χ2n) is 6.81. The number of amides is 1. The Hall–Kier alpha value is -2.62. The van der Waals surface area contributed by atoms with Gasteiger partial charge in [0.1, 0.15) is 0 Å². The number of nitrogens with one attached hydrogen (secondary N) is 1. The fraction of sp³-hybridized carbons (Fsp3) is 0.333. The van der Waals surface area contributed by atoms with Gasteiger partial charge in [0.25, 0.3) is 0 Å². The van der Waals surface area contributed by atoms with E-state index >= 15 is 0 Å². The van der Waals surface area contributed by atoms with Crippen molar-refractivity contribution in [1.82, 2.24) is 5.32 Å². The molecule has 1 N–H and O–H groups in total. The number of hydrogen-bond donors (Lipinski definition) is 1. The third-order valence-corrected chi connectivity index (χ3v) is 4.65. The molecular weight excluding hydrogens is 314 g/mol. The zero-order chi connectivity index (χ0) is 18.6. The summed E-state index contributed by atoms with van der Waals surface area (Å²) in [6.07, 6.45) is -0.172. The van der Waals surface area contributed by atoms with Crippen molar-refractivity contribution in [3.63, 3.8) is 0 Å². The predicted molar refractivity (Wildman–Crippen MR) is 95.9 cm³/mol. The molecule has 0 saturated heterocycles. The monoisotopic (exact) mass is 338 g/mol. The van der Waals surface area contributed by atoms with Crippen LogP contribution in [-0.2, 0) is 15.0 Å². The molecule has 4 nitrogen and oxygen atoms in total. The van der Waals surface area contributed by atoms with Gasteiger partial charge in [0.2, 0.25) is 5.91 Å². The lowest BCUT2D eigenvalue weighted by molar-refractivity contribution is -0.313. The van der Waals surface area contributed by atoms with Crippen LogP contribution in [0.15, 0.2) is 48.5 Å².